The van der Waals surface area contributed by atoms with Gasteiger partial charge in [0, 0.05) is 24.0 Å². The summed E-state index contributed by atoms with van der Waals surface area (Å²) in [5.74, 6) is 0. The lowest BCUT2D eigenvalue weighted by molar-refractivity contribution is 0.296. The summed E-state index contributed by atoms with van der Waals surface area (Å²) in [6.45, 7) is 1.15. The highest BCUT2D eigenvalue weighted by atomic mass is 16.4. The van der Waals surface area contributed by atoms with Gasteiger partial charge in [0.2, 0.25) is 0 Å². The van der Waals surface area contributed by atoms with Crippen LogP contribution < -0.4 is 11.0 Å². The molecule has 25 heavy (non-hydrogen) atoms. The Labute approximate surface area is 145 Å². The molecule has 0 fully saturated rings. The molecule has 2 aromatic carbocycles. The molecule has 1 N–H and O–H groups in total. The highest BCUT2D eigenvalue weighted by Gasteiger charge is 2.11. The number of nitrogens with zero attached hydrogens (tertiary/aromatic N) is 4. The summed E-state index contributed by atoms with van der Waals surface area (Å²) in [5.41, 5.74) is 1.61. The Morgan fingerprint density at radius 1 is 1.08 bits per heavy atom. The van der Waals surface area contributed by atoms with Gasteiger partial charge in [-0.25, -0.2) is 4.98 Å². The van der Waals surface area contributed by atoms with E-state index in [0.717, 1.165) is 16.5 Å². The van der Waals surface area contributed by atoms with E-state index in [2.05, 4.69) is 10.1 Å². The fourth-order valence-electron chi connectivity index (χ4n) is 2.76. The molecule has 3 aromatic rings. The number of para-hydroxylation sites is 1. The molecule has 6 heteroatoms. The summed E-state index contributed by atoms with van der Waals surface area (Å²) in [6.07, 6.45) is 0. The maximum atomic E-state index is 12.8. The Morgan fingerprint density at radius 2 is 1.76 bits per heavy atom. The summed E-state index contributed by atoms with van der Waals surface area (Å²) in [4.78, 5) is 19.2. The second-order valence-electron chi connectivity index (χ2n) is 6.03. The van der Waals surface area contributed by atoms with Crippen LogP contribution in [0.5, 0.6) is 0 Å². The third kappa shape index (κ3) is 3.44. The topological polar surface area (TPSA) is 70.7 Å². The summed E-state index contributed by atoms with van der Waals surface area (Å²) < 4.78 is 1.61. The number of aromatic nitrogens is 2. The van der Waals surface area contributed by atoms with Crippen molar-refractivity contribution < 1.29 is 5.21 Å². The predicted octanol–water partition coefficient (Wildman–Crippen LogP) is 1.92. The van der Waals surface area contributed by atoms with Crippen LogP contribution in [0.4, 0.5) is 0 Å². The first-order valence-electron chi connectivity index (χ1n) is 8.04. The molecule has 6 nitrogen and oxygen atoms in total. The number of fused-ring (bicyclic) bond motifs is 1. The zero-order valence-corrected chi connectivity index (χ0v) is 14.3. The van der Waals surface area contributed by atoms with Gasteiger partial charge in [0.25, 0.3) is 11.0 Å². The van der Waals surface area contributed by atoms with Crippen molar-refractivity contribution in [2.75, 3.05) is 20.6 Å². The zero-order valence-electron chi connectivity index (χ0n) is 14.3. The molecule has 0 bridgehead atoms. The van der Waals surface area contributed by atoms with Crippen LogP contribution in [-0.4, -0.2) is 40.3 Å². The van der Waals surface area contributed by atoms with E-state index in [0.29, 0.717) is 18.8 Å². The second-order valence-corrected chi connectivity index (χ2v) is 6.03. The molecule has 0 aliphatic heterocycles. The summed E-state index contributed by atoms with van der Waals surface area (Å²) in [6, 6.07) is 17.2. The van der Waals surface area contributed by atoms with Crippen LogP contribution in [0.2, 0.25) is 0 Å². The number of hydrogen-bond acceptors (Lipinski definition) is 5. The molecule has 3 rings (SSSR count). The van der Waals surface area contributed by atoms with Crippen molar-refractivity contribution in [2.45, 2.75) is 6.54 Å². The van der Waals surface area contributed by atoms with Gasteiger partial charge in [0.1, 0.15) is 0 Å². The lowest BCUT2D eigenvalue weighted by Crippen LogP contribution is -2.36. The van der Waals surface area contributed by atoms with E-state index in [1.807, 2.05) is 73.6 Å². The van der Waals surface area contributed by atoms with Crippen LogP contribution in [0.25, 0.3) is 22.2 Å². The summed E-state index contributed by atoms with van der Waals surface area (Å²) in [5, 5.41) is 13.3. The SMILES string of the molecule is CN(C)CCn1c(=O)c(=NO)nc(-c2ccccc2)c2ccccc21. The van der Waals surface area contributed by atoms with Gasteiger partial charge in [0.15, 0.2) is 0 Å². The third-order valence-corrected chi connectivity index (χ3v) is 4.02. The Kier molecular flexibility index (Phi) is 4.90. The number of hydrogen-bond donors (Lipinski definition) is 1. The first-order chi connectivity index (χ1) is 12.1. The van der Waals surface area contributed by atoms with E-state index in [1.54, 1.807) is 4.57 Å². The molecule has 0 aliphatic carbocycles. The van der Waals surface area contributed by atoms with Crippen LogP contribution >= 0.6 is 0 Å². The highest BCUT2D eigenvalue weighted by molar-refractivity contribution is 5.91. The quantitative estimate of drug-likeness (QED) is 0.584. The van der Waals surface area contributed by atoms with E-state index in [-0.39, 0.29) is 5.49 Å². The number of likely N-dealkylation sites (N-methyl/N-ethyl adjacent to an activating group) is 1. The van der Waals surface area contributed by atoms with Gasteiger partial charge in [-0.15, -0.1) is 0 Å². The van der Waals surface area contributed by atoms with Gasteiger partial charge in [-0.3, -0.25) is 4.79 Å². The van der Waals surface area contributed by atoms with Crippen molar-refractivity contribution >= 4 is 10.9 Å². The molecule has 0 spiro atoms. The molecule has 0 saturated heterocycles. The minimum atomic E-state index is -0.414. The van der Waals surface area contributed by atoms with Crippen LogP contribution in [0.1, 0.15) is 0 Å². The Bertz CT molecular complexity index is 1010. The second kappa shape index (κ2) is 7.27. The summed E-state index contributed by atoms with van der Waals surface area (Å²) >= 11 is 0. The van der Waals surface area contributed by atoms with Crippen molar-refractivity contribution in [3.63, 3.8) is 0 Å². The van der Waals surface area contributed by atoms with Crippen molar-refractivity contribution in [1.82, 2.24) is 14.5 Å². The minimum Gasteiger partial charge on any atom is -0.409 e. The molecule has 0 aliphatic rings. The van der Waals surface area contributed by atoms with E-state index in [4.69, 9.17) is 0 Å². The van der Waals surface area contributed by atoms with E-state index in [1.165, 1.54) is 0 Å². The van der Waals surface area contributed by atoms with Crippen LogP contribution in [0, 0.1) is 0 Å². The molecular weight excluding hydrogens is 316 g/mol. The normalized spacial score (nSPS) is 12.0. The number of rotatable bonds is 4. The molecule has 0 amide bonds. The van der Waals surface area contributed by atoms with Gasteiger partial charge in [-0.2, -0.15) is 0 Å². The van der Waals surface area contributed by atoms with Crippen molar-refractivity contribution in [3.8, 4) is 11.3 Å². The molecule has 1 heterocycles. The smallest absolute Gasteiger partial charge is 0.299 e. The van der Waals surface area contributed by atoms with Gasteiger partial charge in [0.05, 0.1) is 11.2 Å². The lowest BCUT2D eigenvalue weighted by Gasteiger charge is -2.12. The summed E-state index contributed by atoms with van der Waals surface area (Å²) in [7, 11) is 3.89. The standard InChI is InChI=1S/C19H20N4O2/c1-22(2)12-13-23-16-11-7-6-10-15(16)17(14-8-4-3-5-9-14)20-18(21-25)19(23)24/h3-11,25H,12-13H2,1-2H3. The molecule has 0 unspecified atom stereocenters. The molecule has 1 aromatic heterocycles. The van der Waals surface area contributed by atoms with Crippen molar-refractivity contribution in [2.24, 2.45) is 5.16 Å². The molecule has 128 valence electrons. The molecule has 0 saturated carbocycles. The lowest BCUT2D eigenvalue weighted by atomic mass is 10.1. The van der Waals surface area contributed by atoms with E-state index < -0.39 is 5.56 Å². The predicted molar refractivity (Wildman–Crippen MR) is 97.3 cm³/mol. The van der Waals surface area contributed by atoms with Crippen molar-refractivity contribution in [3.05, 3.63) is 70.4 Å². The maximum absolute atomic E-state index is 12.8. The number of benzene rings is 2. The molecule has 0 radical (unpaired) electrons. The minimum absolute atomic E-state index is 0.214. The largest absolute Gasteiger partial charge is 0.409 e. The van der Waals surface area contributed by atoms with Gasteiger partial charge in [-0.05, 0) is 20.2 Å². The van der Waals surface area contributed by atoms with Gasteiger partial charge in [-0.1, -0.05) is 53.7 Å². The Balaban J connectivity index is 2.43. The van der Waals surface area contributed by atoms with E-state index >= 15 is 0 Å². The Hall–Kier alpha value is -2.99. The molecular formula is C19H20N4O2. The van der Waals surface area contributed by atoms with Crippen LogP contribution in [0.3, 0.4) is 0 Å². The fourth-order valence-corrected chi connectivity index (χ4v) is 2.76. The molecule has 0 atom stereocenters. The average molecular weight is 336 g/mol. The van der Waals surface area contributed by atoms with E-state index in [9.17, 15) is 10.0 Å². The maximum Gasteiger partial charge on any atom is 0.299 e. The third-order valence-electron chi connectivity index (χ3n) is 4.02. The Morgan fingerprint density at radius 3 is 2.44 bits per heavy atom. The first-order valence-corrected chi connectivity index (χ1v) is 8.04. The van der Waals surface area contributed by atoms with Crippen LogP contribution in [-0.2, 0) is 6.54 Å². The highest BCUT2D eigenvalue weighted by Crippen LogP contribution is 2.24. The van der Waals surface area contributed by atoms with Crippen LogP contribution in [0.15, 0.2) is 64.5 Å². The fraction of sp³-hybridized carbons (Fsp3) is 0.211. The van der Waals surface area contributed by atoms with Gasteiger partial charge >= 0.3 is 0 Å². The monoisotopic (exact) mass is 336 g/mol. The average Bonchev–Trinajstić information content (AvgIpc) is 2.75. The zero-order chi connectivity index (χ0) is 17.8. The van der Waals surface area contributed by atoms with Gasteiger partial charge < -0.3 is 14.7 Å². The van der Waals surface area contributed by atoms with Crippen molar-refractivity contribution in [1.29, 1.82) is 0 Å². The first kappa shape index (κ1) is 16.9.